The number of primary amides is 1. The molecule has 0 saturated carbocycles. The first kappa shape index (κ1) is 13.4. The summed E-state index contributed by atoms with van der Waals surface area (Å²) in [5.74, 6) is -3.62. The second-order valence-corrected chi connectivity index (χ2v) is 3.23. The molecule has 0 aliphatic heterocycles. The second-order valence-electron chi connectivity index (χ2n) is 3.23. The number of halogens is 1. The van der Waals surface area contributed by atoms with Gasteiger partial charge in [-0.1, -0.05) is 0 Å². The minimum atomic E-state index is -1.58. The molecule has 4 N–H and O–H groups in total. The number of nitro groups is 1. The first-order valence-electron chi connectivity index (χ1n) is 4.56. The van der Waals surface area contributed by atoms with E-state index in [0.717, 1.165) is 6.07 Å². The van der Waals surface area contributed by atoms with Gasteiger partial charge in [-0.3, -0.25) is 14.9 Å². The molecule has 0 radical (unpaired) electrons. The van der Waals surface area contributed by atoms with Gasteiger partial charge >= 0.3 is 5.97 Å². The first-order chi connectivity index (χ1) is 8.32. The zero-order chi connectivity index (χ0) is 13.9. The third kappa shape index (κ3) is 2.90. The van der Waals surface area contributed by atoms with Gasteiger partial charge in [-0.15, -0.1) is 0 Å². The molecule has 1 rings (SSSR count). The van der Waals surface area contributed by atoms with Crippen LogP contribution in [0.3, 0.4) is 0 Å². The summed E-state index contributed by atoms with van der Waals surface area (Å²) < 4.78 is 13.2. The van der Waals surface area contributed by atoms with Crippen molar-refractivity contribution in [2.45, 2.75) is 0 Å². The number of anilines is 1. The maximum absolute atomic E-state index is 13.2. The van der Waals surface area contributed by atoms with Gasteiger partial charge in [0.25, 0.3) is 5.69 Å². The van der Waals surface area contributed by atoms with Crippen molar-refractivity contribution in [2.24, 2.45) is 5.73 Å². The third-order valence-corrected chi connectivity index (χ3v) is 1.97. The van der Waals surface area contributed by atoms with Crippen LogP contribution in [0.1, 0.15) is 10.4 Å². The number of hydrogen-bond acceptors (Lipinski definition) is 5. The molecule has 9 heteroatoms. The van der Waals surface area contributed by atoms with E-state index in [1.807, 2.05) is 0 Å². The zero-order valence-corrected chi connectivity index (χ0v) is 8.84. The zero-order valence-electron chi connectivity index (χ0n) is 8.84. The van der Waals surface area contributed by atoms with Crippen LogP contribution in [-0.2, 0) is 4.79 Å². The van der Waals surface area contributed by atoms with E-state index in [4.69, 9.17) is 10.8 Å². The number of carboxylic acids is 1. The van der Waals surface area contributed by atoms with Crippen LogP contribution in [0, 0.1) is 15.9 Å². The number of hydrogen-bond donors (Lipinski definition) is 3. The van der Waals surface area contributed by atoms with Crippen LogP contribution in [0.2, 0.25) is 0 Å². The van der Waals surface area contributed by atoms with Gasteiger partial charge in [0.05, 0.1) is 23.1 Å². The SMILES string of the molecule is NC(=O)CNc1cc(C(=O)O)c(F)cc1[N+](=O)[O-]. The van der Waals surface area contributed by atoms with E-state index in [1.165, 1.54) is 0 Å². The van der Waals surface area contributed by atoms with E-state index >= 15 is 0 Å². The maximum Gasteiger partial charge on any atom is 0.338 e. The fourth-order valence-corrected chi connectivity index (χ4v) is 1.20. The van der Waals surface area contributed by atoms with Crippen LogP contribution in [0.25, 0.3) is 0 Å². The number of aromatic carboxylic acids is 1. The highest BCUT2D eigenvalue weighted by atomic mass is 19.1. The van der Waals surface area contributed by atoms with E-state index in [1.54, 1.807) is 0 Å². The van der Waals surface area contributed by atoms with E-state index in [2.05, 4.69) is 5.32 Å². The van der Waals surface area contributed by atoms with Crippen LogP contribution < -0.4 is 11.1 Å². The minimum absolute atomic E-state index is 0.294. The topological polar surface area (TPSA) is 136 Å². The normalized spacial score (nSPS) is 9.83. The molecule has 1 amide bonds. The molecule has 0 bridgehead atoms. The predicted molar refractivity (Wildman–Crippen MR) is 57.7 cm³/mol. The second kappa shape index (κ2) is 5.08. The smallest absolute Gasteiger partial charge is 0.338 e. The molecular weight excluding hydrogens is 249 g/mol. The molecule has 1 aromatic rings. The van der Waals surface area contributed by atoms with Gasteiger partial charge in [0.15, 0.2) is 0 Å². The number of carbonyl (C=O) groups excluding carboxylic acids is 1. The Morgan fingerprint density at radius 1 is 1.50 bits per heavy atom. The molecule has 96 valence electrons. The number of nitrogens with two attached hydrogens (primary N) is 1. The fraction of sp³-hybridized carbons (Fsp3) is 0.111. The van der Waals surface area contributed by atoms with E-state index in [0.29, 0.717) is 6.07 Å². The third-order valence-electron chi connectivity index (χ3n) is 1.97. The molecule has 0 aromatic heterocycles. The highest BCUT2D eigenvalue weighted by Crippen LogP contribution is 2.27. The van der Waals surface area contributed by atoms with Crippen LogP contribution in [-0.4, -0.2) is 28.5 Å². The summed E-state index contributed by atoms with van der Waals surface area (Å²) >= 11 is 0. The number of nitrogens with zero attached hydrogens (tertiary/aromatic N) is 1. The number of carbonyl (C=O) groups is 2. The number of amides is 1. The number of rotatable bonds is 5. The molecule has 0 fully saturated rings. The summed E-state index contributed by atoms with van der Waals surface area (Å²) in [6.45, 7) is -0.439. The van der Waals surface area contributed by atoms with Crippen molar-refractivity contribution in [1.29, 1.82) is 0 Å². The standard InChI is InChI=1S/C9H8FN3O5/c10-5-2-7(13(17)18)6(12-3-8(11)14)1-4(5)9(15)16/h1-2,12H,3H2,(H2,11,14)(H,15,16). The molecule has 0 heterocycles. The Morgan fingerprint density at radius 3 is 2.56 bits per heavy atom. The van der Waals surface area contributed by atoms with Crippen molar-refractivity contribution in [3.63, 3.8) is 0 Å². The molecule has 0 unspecified atom stereocenters. The van der Waals surface area contributed by atoms with Crippen molar-refractivity contribution in [1.82, 2.24) is 0 Å². The molecule has 0 aliphatic rings. The van der Waals surface area contributed by atoms with Crippen LogP contribution in [0.4, 0.5) is 15.8 Å². The van der Waals surface area contributed by atoms with E-state index in [-0.39, 0.29) is 5.69 Å². The molecule has 0 saturated heterocycles. The Kier molecular flexibility index (Phi) is 3.77. The van der Waals surface area contributed by atoms with Crippen LogP contribution in [0.15, 0.2) is 12.1 Å². The lowest BCUT2D eigenvalue weighted by Crippen LogP contribution is -2.22. The molecular formula is C9H8FN3O5. The lowest BCUT2D eigenvalue weighted by atomic mass is 10.1. The summed E-state index contributed by atoms with van der Waals surface area (Å²) in [6.07, 6.45) is 0. The highest BCUT2D eigenvalue weighted by Gasteiger charge is 2.21. The van der Waals surface area contributed by atoms with Gasteiger partial charge in [0.2, 0.25) is 5.91 Å². The lowest BCUT2D eigenvalue weighted by molar-refractivity contribution is -0.384. The van der Waals surface area contributed by atoms with Crippen LogP contribution in [0.5, 0.6) is 0 Å². The Balaban J connectivity index is 3.26. The summed E-state index contributed by atoms with van der Waals surface area (Å²) in [7, 11) is 0. The van der Waals surface area contributed by atoms with Crippen LogP contribution >= 0.6 is 0 Å². The Morgan fingerprint density at radius 2 is 2.11 bits per heavy atom. The Labute approximate surface area is 99.4 Å². The number of benzene rings is 1. The average Bonchev–Trinajstić information content (AvgIpc) is 2.26. The summed E-state index contributed by atoms with van der Waals surface area (Å²) in [5.41, 5.74) is 3.11. The Hall–Kier alpha value is -2.71. The number of carboxylic acid groups (broad SMARTS) is 1. The molecule has 8 nitrogen and oxygen atoms in total. The van der Waals surface area contributed by atoms with Crippen molar-refractivity contribution in [3.05, 3.63) is 33.6 Å². The summed E-state index contributed by atoms with van der Waals surface area (Å²) in [5, 5.41) is 21.6. The predicted octanol–water partition coefficient (Wildman–Crippen LogP) is 0.329. The lowest BCUT2D eigenvalue weighted by Gasteiger charge is -2.06. The first-order valence-corrected chi connectivity index (χ1v) is 4.56. The fourth-order valence-electron chi connectivity index (χ4n) is 1.20. The maximum atomic E-state index is 13.2. The highest BCUT2D eigenvalue weighted by molar-refractivity contribution is 5.91. The average molecular weight is 257 g/mol. The van der Waals surface area contributed by atoms with Crippen molar-refractivity contribution >= 4 is 23.3 Å². The minimum Gasteiger partial charge on any atom is -0.478 e. The molecule has 18 heavy (non-hydrogen) atoms. The van der Waals surface area contributed by atoms with Gasteiger partial charge in [-0.2, -0.15) is 0 Å². The van der Waals surface area contributed by atoms with Gasteiger partial charge in [-0.25, -0.2) is 9.18 Å². The molecule has 0 aliphatic carbocycles. The Bertz CT molecular complexity index is 531. The van der Waals surface area contributed by atoms with Crippen molar-refractivity contribution < 1.29 is 24.0 Å². The van der Waals surface area contributed by atoms with Crippen molar-refractivity contribution in [2.75, 3.05) is 11.9 Å². The largest absolute Gasteiger partial charge is 0.478 e. The van der Waals surface area contributed by atoms with Gasteiger partial charge in [0, 0.05) is 0 Å². The van der Waals surface area contributed by atoms with E-state index in [9.17, 15) is 24.1 Å². The van der Waals surface area contributed by atoms with Gasteiger partial charge in [0.1, 0.15) is 11.5 Å². The van der Waals surface area contributed by atoms with Gasteiger partial charge in [-0.05, 0) is 6.07 Å². The number of nitro benzene ring substituents is 1. The van der Waals surface area contributed by atoms with Crippen molar-refractivity contribution in [3.8, 4) is 0 Å². The molecule has 1 aromatic carbocycles. The summed E-state index contributed by atoms with van der Waals surface area (Å²) in [4.78, 5) is 30.9. The van der Waals surface area contributed by atoms with E-state index < -0.39 is 40.4 Å². The molecule has 0 spiro atoms. The summed E-state index contributed by atoms with van der Waals surface area (Å²) in [6, 6.07) is 1.20. The number of nitrogens with one attached hydrogen (secondary N) is 1. The van der Waals surface area contributed by atoms with Gasteiger partial charge < -0.3 is 16.2 Å². The monoisotopic (exact) mass is 257 g/mol. The molecule has 0 atom stereocenters. The quantitative estimate of drug-likeness (QED) is 0.513.